The van der Waals surface area contributed by atoms with Gasteiger partial charge in [-0.2, -0.15) is 9.57 Å². The summed E-state index contributed by atoms with van der Waals surface area (Å²) in [6.07, 6.45) is 1.59. The van der Waals surface area contributed by atoms with E-state index in [1.54, 1.807) is 16.4 Å². The Morgan fingerprint density at radius 1 is 1.08 bits per heavy atom. The van der Waals surface area contributed by atoms with Gasteiger partial charge in [-0.3, -0.25) is 0 Å². The molecule has 1 heterocycles. The van der Waals surface area contributed by atoms with Crippen molar-refractivity contribution >= 4 is 10.0 Å². The number of benzene rings is 2. The first kappa shape index (κ1) is 18.6. The second-order valence-electron chi connectivity index (χ2n) is 6.68. The maximum Gasteiger partial charge on any atom is 0.243 e. The number of hydrogen-bond donors (Lipinski definition) is 1. The number of nitriles is 1. The van der Waals surface area contributed by atoms with Crippen LogP contribution in [0.1, 0.15) is 29.5 Å². The van der Waals surface area contributed by atoms with Crippen LogP contribution in [0.2, 0.25) is 0 Å². The van der Waals surface area contributed by atoms with Crippen molar-refractivity contribution in [3.8, 4) is 6.07 Å². The molecule has 0 aromatic heterocycles. The first-order valence-corrected chi connectivity index (χ1v) is 10.2. The molecule has 3 rings (SSSR count). The second kappa shape index (κ2) is 8.00. The van der Waals surface area contributed by atoms with E-state index in [0.717, 1.165) is 30.5 Å². The predicted molar refractivity (Wildman–Crippen MR) is 101 cm³/mol. The topological polar surface area (TPSA) is 73.2 Å². The minimum atomic E-state index is -3.40. The maximum atomic E-state index is 12.7. The molecule has 0 unspecified atom stereocenters. The van der Waals surface area contributed by atoms with E-state index in [0.29, 0.717) is 29.6 Å². The van der Waals surface area contributed by atoms with Gasteiger partial charge in [-0.1, -0.05) is 29.8 Å². The smallest absolute Gasteiger partial charge is 0.243 e. The van der Waals surface area contributed by atoms with Gasteiger partial charge in [-0.15, -0.1) is 0 Å². The Hall–Kier alpha value is -2.20. The molecule has 1 fully saturated rings. The monoisotopic (exact) mass is 369 g/mol. The van der Waals surface area contributed by atoms with Crippen molar-refractivity contribution in [2.24, 2.45) is 0 Å². The van der Waals surface area contributed by atoms with E-state index in [9.17, 15) is 8.42 Å². The predicted octanol–water partition coefficient (Wildman–Crippen LogP) is 2.81. The van der Waals surface area contributed by atoms with Gasteiger partial charge in [0.2, 0.25) is 10.0 Å². The fourth-order valence-electron chi connectivity index (χ4n) is 3.12. The van der Waals surface area contributed by atoms with E-state index in [2.05, 4.69) is 11.4 Å². The molecule has 2 aromatic rings. The third-order valence-electron chi connectivity index (χ3n) is 4.79. The highest BCUT2D eigenvalue weighted by atomic mass is 32.2. The van der Waals surface area contributed by atoms with Gasteiger partial charge in [0.05, 0.1) is 16.5 Å². The number of aryl methyl sites for hydroxylation is 1. The van der Waals surface area contributed by atoms with Crippen molar-refractivity contribution in [2.45, 2.75) is 37.2 Å². The van der Waals surface area contributed by atoms with Gasteiger partial charge in [0.1, 0.15) is 0 Å². The highest BCUT2D eigenvalue weighted by Gasteiger charge is 2.29. The Morgan fingerprint density at radius 3 is 2.27 bits per heavy atom. The van der Waals surface area contributed by atoms with Crippen molar-refractivity contribution in [1.82, 2.24) is 9.62 Å². The average Bonchev–Trinajstić information content (AvgIpc) is 2.67. The van der Waals surface area contributed by atoms with Gasteiger partial charge in [-0.25, -0.2) is 8.42 Å². The Labute approximate surface area is 155 Å². The molecule has 0 spiro atoms. The van der Waals surface area contributed by atoms with Crippen LogP contribution in [0.4, 0.5) is 0 Å². The van der Waals surface area contributed by atoms with Gasteiger partial charge >= 0.3 is 0 Å². The standard InChI is InChI=1S/C20H23N3O2S/c1-16-2-8-20(9-3-16)26(24,25)23-12-10-19(11-13-23)22-15-18-6-4-17(14-21)5-7-18/h2-9,19,22H,10-13,15H2,1H3. The van der Waals surface area contributed by atoms with Crippen molar-refractivity contribution in [3.05, 3.63) is 65.2 Å². The van der Waals surface area contributed by atoms with E-state index in [1.165, 1.54) is 0 Å². The van der Waals surface area contributed by atoms with Crippen LogP contribution in [-0.2, 0) is 16.6 Å². The number of nitrogens with one attached hydrogen (secondary N) is 1. The van der Waals surface area contributed by atoms with E-state index >= 15 is 0 Å². The molecular weight excluding hydrogens is 346 g/mol. The molecule has 5 nitrogen and oxygen atoms in total. The minimum Gasteiger partial charge on any atom is -0.310 e. The Morgan fingerprint density at radius 2 is 1.69 bits per heavy atom. The number of nitrogens with zero attached hydrogens (tertiary/aromatic N) is 2. The number of rotatable bonds is 5. The quantitative estimate of drug-likeness (QED) is 0.880. The molecule has 0 radical (unpaired) electrons. The van der Waals surface area contributed by atoms with Gasteiger partial charge in [0.25, 0.3) is 0 Å². The van der Waals surface area contributed by atoms with Crippen molar-refractivity contribution in [2.75, 3.05) is 13.1 Å². The fraction of sp³-hybridized carbons (Fsp3) is 0.350. The van der Waals surface area contributed by atoms with Crippen LogP contribution in [-0.4, -0.2) is 31.9 Å². The molecule has 26 heavy (non-hydrogen) atoms. The van der Waals surface area contributed by atoms with Crippen LogP contribution in [0.25, 0.3) is 0 Å². The molecular formula is C20H23N3O2S. The molecule has 1 N–H and O–H groups in total. The van der Waals surface area contributed by atoms with Crippen molar-refractivity contribution in [3.63, 3.8) is 0 Å². The third kappa shape index (κ3) is 4.31. The van der Waals surface area contributed by atoms with Gasteiger partial charge in [0.15, 0.2) is 0 Å². The maximum absolute atomic E-state index is 12.7. The molecule has 1 aliphatic rings. The van der Waals surface area contributed by atoms with E-state index in [1.807, 2.05) is 43.3 Å². The Kier molecular flexibility index (Phi) is 5.72. The van der Waals surface area contributed by atoms with E-state index in [4.69, 9.17) is 5.26 Å². The lowest BCUT2D eigenvalue weighted by Crippen LogP contribution is -2.44. The average molecular weight is 369 g/mol. The summed E-state index contributed by atoms with van der Waals surface area (Å²) in [4.78, 5) is 0.368. The van der Waals surface area contributed by atoms with Gasteiger partial charge < -0.3 is 5.32 Å². The molecule has 0 atom stereocenters. The zero-order valence-electron chi connectivity index (χ0n) is 14.9. The molecule has 1 saturated heterocycles. The lowest BCUT2D eigenvalue weighted by atomic mass is 10.1. The summed E-state index contributed by atoms with van der Waals surface area (Å²) in [6, 6.07) is 17.0. The SMILES string of the molecule is Cc1ccc(S(=O)(=O)N2CCC(NCc3ccc(C#N)cc3)CC2)cc1. The first-order valence-electron chi connectivity index (χ1n) is 8.78. The zero-order valence-corrected chi connectivity index (χ0v) is 15.7. The molecule has 136 valence electrons. The van der Waals surface area contributed by atoms with E-state index in [-0.39, 0.29) is 0 Å². The van der Waals surface area contributed by atoms with Crippen LogP contribution in [0.3, 0.4) is 0 Å². The molecule has 0 bridgehead atoms. The zero-order chi connectivity index (χ0) is 18.6. The normalized spacial score (nSPS) is 16.3. The molecule has 1 aliphatic heterocycles. The van der Waals surface area contributed by atoms with Crippen LogP contribution in [0.15, 0.2) is 53.4 Å². The molecule has 2 aromatic carbocycles. The summed E-state index contributed by atoms with van der Waals surface area (Å²) in [7, 11) is -3.40. The Bertz CT molecular complexity index is 876. The highest BCUT2D eigenvalue weighted by molar-refractivity contribution is 7.89. The molecule has 0 saturated carbocycles. The largest absolute Gasteiger partial charge is 0.310 e. The lowest BCUT2D eigenvalue weighted by Gasteiger charge is -2.31. The summed E-state index contributed by atoms with van der Waals surface area (Å²) in [6.45, 7) is 3.73. The van der Waals surface area contributed by atoms with Gasteiger partial charge in [0, 0.05) is 25.7 Å². The summed E-state index contributed by atoms with van der Waals surface area (Å²) in [5, 5.41) is 12.3. The molecule has 0 aliphatic carbocycles. The summed E-state index contributed by atoms with van der Waals surface area (Å²) in [5.41, 5.74) is 2.83. The second-order valence-corrected chi connectivity index (χ2v) is 8.62. The minimum absolute atomic E-state index is 0.301. The van der Waals surface area contributed by atoms with Crippen LogP contribution < -0.4 is 5.32 Å². The number of piperidine rings is 1. The van der Waals surface area contributed by atoms with Crippen LogP contribution >= 0.6 is 0 Å². The van der Waals surface area contributed by atoms with Crippen molar-refractivity contribution < 1.29 is 8.42 Å². The first-order chi connectivity index (χ1) is 12.5. The lowest BCUT2D eigenvalue weighted by molar-refractivity contribution is 0.288. The summed E-state index contributed by atoms with van der Waals surface area (Å²) in [5.74, 6) is 0. The fourth-order valence-corrected chi connectivity index (χ4v) is 4.59. The van der Waals surface area contributed by atoms with Crippen molar-refractivity contribution in [1.29, 1.82) is 5.26 Å². The number of hydrogen-bond acceptors (Lipinski definition) is 4. The van der Waals surface area contributed by atoms with E-state index < -0.39 is 10.0 Å². The molecule has 0 amide bonds. The van der Waals surface area contributed by atoms with Gasteiger partial charge in [-0.05, 0) is 49.6 Å². The number of sulfonamides is 1. The highest BCUT2D eigenvalue weighted by Crippen LogP contribution is 2.21. The third-order valence-corrected chi connectivity index (χ3v) is 6.70. The van der Waals surface area contributed by atoms with Crippen LogP contribution in [0, 0.1) is 18.3 Å². The summed E-state index contributed by atoms with van der Waals surface area (Å²) >= 11 is 0. The van der Waals surface area contributed by atoms with Crippen LogP contribution in [0.5, 0.6) is 0 Å². The molecule has 6 heteroatoms. The Balaban J connectivity index is 1.53. The summed E-state index contributed by atoms with van der Waals surface area (Å²) < 4.78 is 27.0.